The lowest BCUT2D eigenvalue weighted by Gasteiger charge is -1.99. The van der Waals surface area contributed by atoms with Crippen molar-refractivity contribution in [2.45, 2.75) is 0 Å². The van der Waals surface area contributed by atoms with Gasteiger partial charge >= 0.3 is 0 Å². The van der Waals surface area contributed by atoms with Crippen LogP contribution in [-0.2, 0) is 0 Å². The maximum absolute atomic E-state index is 12.4. The van der Waals surface area contributed by atoms with Crippen molar-refractivity contribution in [2.24, 2.45) is 0 Å². The number of halogens is 1. The fourth-order valence-corrected chi connectivity index (χ4v) is 1.55. The van der Waals surface area contributed by atoms with Crippen molar-refractivity contribution in [1.29, 1.82) is 0 Å². The van der Waals surface area contributed by atoms with Gasteiger partial charge in [-0.3, -0.25) is 9.59 Å². The van der Waals surface area contributed by atoms with Gasteiger partial charge in [-0.25, -0.2) is 14.4 Å². The number of nitrogen functional groups attached to an aromatic ring is 1. The van der Waals surface area contributed by atoms with Crippen molar-refractivity contribution in [1.82, 2.24) is 9.97 Å². The van der Waals surface area contributed by atoms with Crippen molar-refractivity contribution in [2.75, 3.05) is 12.8 Å². The second kappa shape index (κ2) is 7.17. The lowest BCUT2D eigenvalue weighted by atomic mass is 10.3. The maximum atomic E-state index is 12.4. The highest BCUT2D eigenvalue weighted by Gasteiger charge is 2.03. The molecule has 0 aliphatic carbocycles. The quantitative estimate of drug-likeness (QED) is 0.859. The maximum Gasteiger partial charge on any atom is 0.223 e. The number of methoxy groups -OCH3 is 1. The molecule has 0 amide bonds. The number of thiazole rings is 1. The Morgan fingerprint density at radius 3 is 2.47 bits per heavy atom. The second-order valence-electron chi connectivity index (χ2n) is 3.09. The Labute approximate surface area is 112 Å². The standard InChI is InChI=1S/C7H6FNO2.C4H4N2OS/c1-11-7-5(4-10)2-6(8)3-9-7;5-4-6-1-3(2-7)8-4/h2-4H,1H3;1-2H,(H2,5,6). The van der Waals surface area contributed by atoms with Crippen molar-refractivity contribution >= 4 is 29.0 Å². The first kappa shape index (κ1) is 14.7. The first-order valence-electron chi connectivity index (χ1n) is 4.92. The number of hydrogen-bond acceptors (Lipinski definition) is 7. The number of aromatic nitrogens is 2. The van der Waals surface area contributed by atoms with Gasteiger partial charge in [0.15, 0.2) is 17.7 Å². The smallest absolute Gasteiger partial charge is 0.223 e. The number of carbonyl (C=O) groups is 2. The normalized spacial score (nSPS) is 9.16. The molecule has 0 spiro atoms. The van der Waals surface area contributed by atoms with E-state index in [0.717, 1.165) is 18.5 Å². The molecule has 2 rings (SSSR count). The molecule has 2 heterocycles. The number of rotatable bonds is 3. The van der Waals surface area contributed by atoms with Crippen molar-refractivity contribution in [3.8, 4) is 5.88 Å². The summed E-state index contributed by atoms with van der Waals surface area (Å²) in [5, 5.41) is 0.437. The molecular formula is C11H10FN3O3S. The van der Waals surface area contributed by atoms with Crippen LogP contribution in [-0.4, -0.2) is 29.7 Å². The van der Waals surface area contributed by atoms with Crippen molar-refractivity contribution < 1.29 is 18.7 Å². The average Bonchev–Trinajstić information content (AvgIpc) is 2.85. The Morgan fingerprint density at radius 2 is 2.05 bits per heavy atom. The van der Waals surface area contributed by atoms with Crippen LogP contribution in [0.3, 0.4) is 0 Å². The number of anilines is 1. The van der Waals surface area contributed by atoms with E-state index in [0.29, 0.717) is 16.3 Å². The minimum absolute atomic E-state index is 0.118. The summed E-state index contributed by atoms with van der Waals surface area (Å²) < 4.78 is 17.1. The lowest BCUT2D eigenvalue weighted by Crippen LogP contribution is -1.94. The van der Waals surface area contributed by atoms with Crippen LogP contribution in [0.5, 0.6) is 5.88 Å². The van der Waals surface area contributed by atoms with E-state index >= 15 is 0 Å². The van der Waals surface area contributed by atoms with Crippen LogP contribution in [0.25, 0.3) is 0 Å². The second-order valence-corrected chi connectivity index (χ2v) is 4.18. The summed E-state index contributed by atoms with van der Waals surface area (Å²) in [7, 11) is 1.37. The number of hydrogen-bond donors (Lipinski definition) is 1. The zero-order valence-corrected chi connectivity index (χ0v) is 10.7. The largest absolute Gasteiger partial charge is 0.480 e. The van der Waals surface area contributed by atoms with Crippen LogP contribution in [0, 0.1) is 5.82 Å². The molecule has 0 aromatic carbocycles. The molecule has 0 radical (unpaired) electrons. The van der Waals surface area contributed by atoms with Crippen molar-refractivity contribution in [3.05, 3.63) is 34.7 Å². The number of ether oxygens (including phenoxy) is 1. The average molecular weight is 283 g/mol. The molecular weight excluding hydrogens is 273 g/mol. The summed E-state index contributed by atoms with van der Waals surface area (Å²) in [5.74, 6) is -0.408. The zero-order valence-electron chi connectivity index (χ0n) is 9.87. The molecule has 0 saturated heterocycles. The molecule has 0 fully saturated rings. The van der Waals surface area contributed by atoms with Gasteiger partial charge in [0.2, 0.25) is 5.88 Å². The first-order chi connectivity index (χ1) is 9.10. The molecule has 0 aliphatic heterocycles. The molecule has 8 heteroatoms. The van der Waals surface area contributed by atoms with Gasteiger partial charge in [0.1, 0.15) is 5.82 Å². The highest BCUT2D eigenvalue weighted by Crippen LogP contribution is 2.12. The van der Waals surface area contributed by atoms with Gasteiger partial charge in [-0.15, -0.1) is 0 Å². The number of nitrogens with zero attached hydrogens (tertiary/aromatic N) is 2. The first-order valence-corrected chi connectivity index (χ1v) is 5.73. The Hall–Kier alpha value is -2.35. The fraction of sp³-hybridized carbons (Fsp3) is 0.0909. The van der Waals surface area contributed by atoms with E-state index in [2.05, 4.69) is 14.7 Å². The molecule has 0 aliphatic rings. The molecule has 100 valence electrons. The highest BCUT2D eigenvalue weighted by molar-refractivity contribution is 7.16. The van der Waals surface area contributed by atoms with Crippen LogP contribution >= 0.6 is 11.3 Å². The molecule has 0 atom stereocenters. The van der Waals surface area contributed by atoms with Crippen molar-refractivity contribution in [3.63, 3.8) is 0 Å². The van der Waals surface area contributed by atoms with Gasteiger partial charge in [-0.1, -0.05) is 11.3 Å². The number of aldehydes is 2. The van der Waals surface area contributed by atoms with E-state index in [1.165, 1.54) is 24.6 Å². The molecule has 6 nitrogen and oxygen atoms in total. The van der Waals surface area contributed by atoms with Crippen LogP contribution in [0.4, 0.5) is 9.52 Å². The minimum atomic E-state index is -0.548. The predicted octanol–water partition coefficient (Wildman–Crippen LogP) is 1.58. The Balaban J connectivity index is 0.000000200. The third-order valence-corrected chi connectivity index (χ3v) is 2.58. The van der Waals surface area contributed by atoms with E-state index in [1.54, 1.807) is 0 Å². The Kier molecular flexibility index (Phi) is 5.55. The summed E-state index contributed by atoms with van der Waals surface area (Å²) >= 11 is 1.19. The van der Waals surface area contributed by atoms with Crippen LogP contribution in [0.2, 0.25) is 0 Å². The van der Waals surface area contributed by atoms with E-state index in [4.69, 9.17) is 5.73 Å². The van der Waals surface area contributed by atoms with E-state index < -0.39 is 5.82 Å². The van der Waals surface area contributed by atoms with Gasteiger partial charge in [-0.05, 0) is 6.07 Å². The molecule has 19 heavy (non-hydrogen) atoms. The van der Waals surface area contributed by atoms with Crippen LogP contribution in [0.15, 0.2) is 18.5 Å². The van der Waals surface area contributed by atoms with Gasteiger partial charge in [0.25, 0.3) is 0 Å². The third kappa shape index (κ3) is 4.43. The Morgan fingerprint density at radius 1 is 1.32 bits per heavy atom. The predicted molar refractivity (Wildman–Crippen MR) is 68.0 cm³/mol. The third-order valence-electron chi connectivity index (χ3n) is 1.82. The fourth-order valence-electron chi connectivity index (χ4n) is 1.05. The van der Waals surface area contributed by atoms with Gasteiger partial charge in [0, 0.05) is 0 Å². The molecule has 2 N–H and O–H groups in total. The Bertz CT molecular complexity index is 574. The minimum Gasteiger partial charge on any atom is -0.480 e. The summed E-state index contributed by atoms with van der Waals surface area (Å²) in [6, 6.07) is 1.07. The highest BCUT2D eigenvalue weighted by atomic mass is 32.1. The van der Waals surface area contributed by atoms with E-state index in [-0.39, 0.29) is 11.4 Å². The molecule has 2 aromatic heterocycles. The molecule has 0 bridgehead atoms. The van der Waals surface area contributed by atoms with Gasteiger partial charge < -0.3 is 10.5 Å². The number of carbonyl (C=O) groups excluding carboxylic acids is 2. The summed E-state index contributed by atoms with van der Waals surface area (Å²) in [6.45, 7) is 0. The number of nitrogens with two attached hydrogens (primary N) is 1. The van der Waals surface area contributed by atoms with Crippen LogP contribution in [0.1, 0.15) is 20.0 Å². The topological polar surface area (TPSA) is 95.2 Å². The monoisotopic (exact) mass is 283 g/mol. The van der Waals surface area contributed by atoms with Gasteiger partial charge in [0.05, 0.1) is 29.9 Å². The van der Waals surface area contributed by atoms with E-state index in [9.17, 15) is 14.0 Å². The zero-order chi connectivity index (χ0) is 14.3. The molecule has 0 saturated carbocycles. The van der Waals surface area contributed by atoms with Gasteiger partial charge in [-0.2, -0.15) is 0 Å². The summed E-state index contributed by atoms with van der Waals surface area (Å²) in [6.07, 6.45) is 3.67. The summed E-state index contributed by atoms with van der Waals surface area (Å²) in [4.78, 5) is 27.9. The SMILES string of the molecule is COc1ncc(F)cc1C=O.Nc1ncc(C=O)s1. The summed E-state index contributed by atoms with van der Waals surface area (Å²) in [5.41, 5.74) is 5.32. The van der Waals surface area contributed by atoms with E-state index in [1.807, 2.05) is 0 Å². The molecule has 2 aromatic rings. The number of pyridine rings is 1. The van der Waals surface area contributed by atoms with Crippen LogP contribution < -0.4 is 10.5 Å². The lowest BCUT2D eigenvalue weighted by molar-refractivity contribution is 0.111. The molecule has 0 unspecified atom stereocenters.